The van der Waals surface area contributed by atoms with Crippen LogP contribution in [0.2, 0.25) is 0 Å². The molecule has 6 aliphatic rings. The highest BCUT2D eigenvalue weighted by molar-refractivity contribution is 6.06. The number of nitrogens with zero attached hydrogens (tertiary/aromatic N) is 7. The van der Waals surface area contributed by atoms with Crippen LogP contribution in [0, 0.1) is 18.7 Å². The SMILES string of the molecule is Cc1cn(C2CCC3(CCN(CC4CCN(c5cc(N6C7CCC6CN(C(/C=C(\N)c6ccccc6O)=C(N)N)C7)ccc5F)CC4)CC3)OC2)c2ncc(N3CCC(=O)NC3=O)cc12. The van der Waals surface area contributed by atoms with Crippen molar-refractivity contribution in [1.29, 1.82) is 0 Å². The molecule has 2 aromatic carbocycles. The maximum Gasteiger partial charge on any atom is 0.328 e. The number of piperazine rings is 1. The van der Waals surface area contributed by atoms with Gasteiger partial charge in [0.15, 0.2) is 0 Å². The quantitative estimate of drug-likeness (QED) is 0.134. The number of pyridine rings is 1. The fraction of sp³-hybridized carbons (Fsp3) is 0.490. The number of phenolic OH excluding ortho intramolecular Hbond substituents is 1. The van der Waals surface area contributed by atoms with Crippen LogP contribution in [-0.4, -0.2) is 113 Å². The number of ether oxygens (including phenoxy) is 1. The first-order chi connectivity index (χ1) is 31.4. The van der Waals surface area contributed by atoms with Crippen molar-refractivity contribution in [2.75, 3.05) is 73.7 Å². The molecule has 6 fully saturated rings. The summed E-state index contributed by atoms with van der Waals surface area (Å²) in [7, 11) is 0. The molecule has 2 aromatic heterocycles. The van der Waals surface area contributed by atoms with Gasteiger partial charge < -0.3 is 51.2 Å². The van der Waals surface area contributed by atoms with E-state index in [1.54, 1.807) is 41.4 Å². The number of nitrogens with one attached hydrogen (secondary N) is 1. The number of anilines is 3. The summed E-state index contributed by atoms with van der Waals surface area (Å²) in [4.78, 5) is 40.1. The lowest BCUT2D eigenvalue weighted by Crippen LogP contribution is -2.54. The summed E-state index contributed by atoms with van der Waals surface area (Å²) >= 11 is 0. The number of hydrogen-bond donors (Lipinski definition) is 5. The summed E-state index contributed by atoms with van der Waals surface area (Å²) in [6, 6.07) is 14.8. The molecule has 6 aliphatic heterocycles. The number of rotatable bonds is 9. The number of hydrogen-bond acceptors (Lipinski definition) is 12. The standard InChI is InChI=1S/C49H62FN11O4/c1-31-26-60(47-39(31)22-37(25-54-47)59-19-13-45(63)55-48(59)64)36-10-14-49(65-30-36)15-20-56(21-16-49)27-32-11-17-57(18-12-32)42-23-33(8-9-40(42)50)61-34-6-7-35(61)29-58(28-34)43(46(52)53)24-41(51)38-4-2-3-5-44(38)62/h2-5,8-9,22-26,32,34-36,62H,6-7,10-21,27-30,51-53H2,1H3,(H,55,63,64)/b41-24-. The van der Waals surface area contributed by atoms with Crippen LogP contribution in [0.3, 0.4) is 0 Å². The van der Waals surface area contributed by atoms with Crippen molar-refractivity contribution in [1.82, 2.24) is 24.7 Å². The van der Waals surface area contributed by atoms with Gasteiger partial charge in [0.2, 0.25) is 5.91 Å². The number of piperidine rings is 2. The number of likely N-dealkylation sites (tertiary alicyclic amines) is 2. The summed E-state index contributed by atoms with van der Waals surface area (Å²) in [6.07, 6.45) is 14.1. The highest BCUT2D eigenvalue weighted by Crippen LogP contribution is 2.42. The second-order valence-corrected chi connectivity index (χ2v) is 19.2. The number of benzene rings is 2. The maximum absolute atomic E-state index is 15.6. The Morgan fingerprint density at radius 2 is 1.68 bits per heavy atom. The normalized spacial score (nSPS) is 24.3. The van der Waals surface area contributed by atoms with Crippen molar-refractivity contribution in [3.63, 3.8) is 0 Å². The van der Waals surface area contributed by atoms with E-state index in [2.05, 4.69) is 48.7 Å². The Balaban J connectivity index is 0.708. The predicted octanol–water partition coefficient (Wildman–Crippen LogP) is 5.48. The van der Waals surface area contributed by atoms with Crippen LogP contribution in [-0.2, 0) is 9.53 Å². The number of aryl methyl sites for hydroxylation is 1. The van der Waals surface area contributed by atoms with Gasteiger partial charge in [-0.05, 0) is 112 Å². The van der Waals surface area contributed by atoms with Gasteiger partial charge in [-0.1, -0.05) is 12.1 Å². The van der Waals surface area contributed by atoms with Gasteiger partial charge in [0.05, 0.1) is 41.5 Å². The van der Waals surface area contributed by atoms with Crippen LogP contribution < -0.4 is 37.2 Å². The Morgan fingerprint density at radius 3 is 2.37 bits per heavy atom. The van der Waals surface area contributed by atoms with E-state index in [-0.39, 0.29) is 53.4 Å². The Hall–Kier alpha value is -6.00. The van der Waals surface area contributed by atoms with Gasteiger partial charge in [0.1, 0.15) is 23.0 Å². The molecule has 3 unspecified atom stereocenters. The maximum atomic E-state index is 15.6. The van der Waals surface area contributed by atoms with Gasteiger partial charge in [-0.25, -0.2) is 14.2 Å². The van der Waals surface area contributed by atoms with E-state index in [1.165, 1.54) is 0 Å². The number of fused-ring (bicyclic) bond motifs is 3. The number of amides is 3. The fourth-order valence-electron chi connectivity index (χ4n) is 11.6. The highest BCUT2D eigenvalue weighted by Gasteiger charge is 2.42. The number of urea groups is 1. The summed E-state index contributed by atoms with van der Waals surface area (Å²) in [5.41, 5.74) is 24.8. The van der Waals surface area contributed by atoms with Gasteiger partial charge in [-0.15, -0.1) is 0 Å². The van der Waals surface area contributed by atoms with Gasteiger partial charge in [0, 0.05) is 99.4 Å². The number of carbonyl (C=O) groups excluding carboxylic acids is 2. The zero-order valence-electron chi connectivity index (χ0n) is 37.3. The number of aromatic nitrogens is 2. The Labute approximate surface area is 379 Å². The van der Waals surface area contributed by atoms with Gasteiger partial charge >= 0.3 is 6.03 Å². The van der Waals surface area contributed by atoms with E-state index in [4.69, 9.17) is 26.9 Å². The Morgan fingerprint density at radius 1 is 0.923 bits per heavy atom. The molecule has 0 radical (unpaired) electrons. The number of phenols is 1. The van der Waals surface area contributed by atoms with Crippen LogP contribution in [0.15, 0.2) is 78.5 Å². The molecule has 65 heavy (non-hydrogen) atoms. The van der Waals surface area contributed by atoms with E-state index < -0.39 is 6.03 Å². The molecule has 3 atom stereocenters. The number of halogens is 1. The van der Waals surface area contributed by atoms with Crippen molar-refractivity contribution in [3.05, 3.63) is 95.5 Å². The molecular formula is C49H62FN11O4. The summed E-state index contributed by atoms with van der Waals surface area (Å²) in [5.74, 6) is 0.431. The molecule has 8 heterocycles. The van der Waals surface area contributed by atoms with E-state index in [0.29, 0.717) is 60.5 Å². The van der Waals surface area contributed by atoms with Crippen molar-refractivity contribution in [3.8, 4) is 5.75 Å². The lowest BCUT2D eigenvalue weighted by molar-refractivity contribution is -0.126. The van der Waals surface area contributed by atoms with Crippen molar-refractivity contribution < 1.29 is 23.8 Å². The third-order valence-corrected chi connectivity index (χ3v) is 15.2. The smallest absolute Gasteiger partial charge is 0.328 e. The largest absolute Gasteiger partial charge is 0.507 e. The summed E-state index contributed by atoms with van der Waals surface area (Å²) in [5, 5.41) is 13.8. The minimum atomic E-state index is -0.404. The van der Waals surface area contributed by atoms with Crippen LogP contribution >= 0.6 is 0 Å². The Kier molecular flexibility index (Phi) is 11.5. The number of imide groups is 1. The second kappa shape index (κ2) is 17.4. The number of allylic oxidation sites excluding steroid dienone is 1. The van der Waals surface area contributed by atoms with E-state index in [1.807, 2.05) is 18.2 Å². The minimum absolute atomic E-state index is 0.0856. The molecule has 1 spiro atoms. The highest BCUT2D eigenvalue weighted by atomic mass is 19.1. The predicted molar refractivity (Wildman–Crippen MR) is 250 cm³/mol. The van der Waals surface area contributed by atoms with E-state index in [0.717, 1.165) is 106 Å². The number of carbonyl (C=O) groups is 2. The van der Waals surface area contributed by atoms with Crippen LogP contribution in [0.4, 0.5) is 26.2 Å². The molecule has 344 valence electrons. The second-order valence-electron chi connectivity index (χ2n) is 19.2. The molecule has 16 heteroatoms. The lowest BCUT2D eigenvalue weighted by Gasteiger charge is -2.47. The summed E-state index contributed by atoms with van der Waals surface area (Å²) < 4.78 is 24.7. The topological polar surface area (TPSA) is 188 Å². The van der Waals surface area contributed by atoms with Crippen molar-refractivity contribution in [2.45, 2.75) is 88.4 Å². The molecular weight excluding hydrogens is 826 g/mol. The monoisotopic (exact) mass is 887 g/mol. The summed E-state index contributed by atoms with van der Waals surface area (Å²) in [6.45, 7) is 9.26. The first-order valence-corrected chi connectivity index (χ1v) is 23.5. The third kappa shape index (κ3) is 8.42. The van der Waals surface area contributed by atoms with Gasteiger partial charge in [-0.2, -0.15) is 0 Å². The zero-order valence-corrected chi connectivity index (χ0v) is 37.3. The average Bonchev–Trinajstić information content (AvgIpc) is 3.77. The van der Waals surface area contributed by atoms with E-state index >= 15 is 4.39 Å². The molecule has 15 nitrogen and oxygen atoms in total. The van der Waals surface area contributed by atoms with Gasteiger partial charge in [0.25, 0.3) is 0 Å². The number of nitrogens with two attached hydrogens (primary N) is 3. The first kappa shape index (κ1) is 42.9. The fourth-order valence-corrected chi connectivity index (χ4v) is 11.6. The Bertz CT molecular complexity index is 2500. The number of para-hydroxylation sites is 1. The minimum Gasteiger partial charge on any atom is -0.507 e. The van der Waals surface area contributed by atoms with Crippen LogP contribution in [0.25, 0.3) is 16.7 Å². The molecule has 2 bridgehead atoms. The van der Waals surface area contributed by atoms with Crippen LogP contribution in [0.5, 0.6) is 5.75 Å². The van der Waals surface area contributed by atoms with Crippen molar-refractivity contribution >= 4 is 45.7 Å². The lowest BCUT2D eigenvalue weighted by atomic mass is 9.83. The molecule has 8 N–H and O–H groups in total. The molecule has 4 aromatic rings. The third-order valence-electron chi connectivity index (χ3n) is 15.2. The van der Waals surface area contributed by atoms with Crippen LogP contribution in [0.1, 0.15) is 75.0 Å². The first-order valence-electron chi connectivity index (χ1n) is 23.5. The zero-order chi connectivity index (χ0) is 45.0. The van der Waals surface area contributed by atoms with E-state index in [9.17, 15) is 14.7 Å². The molecule has 0 saturated carbocycles. The number of aromatic hydroxyl groups is 1. The molecule has 0 aliphatic carbocycles. The molecule has 3 amide bonds. The molecule has 10 rings (SSSR count). The molecule has 6 saturated heterocycles. The average molecular weight is 888 g/mol. The van der Waals surface area contributed by atoms with Gasteiger partial charge in [-0.3, -0.25) is 15.0 Å². The van der Waals surface area contributed by atoms with Crippen molar-refractivity contribution in [2.24, 2.45) is 23.1 Å².